The molecule has 0 aliphatic carbocycles. The Bertz CT molecular complexity index is 1310. The number of hydrogen-bond donors (Lipinski definition) is 2. The second-order valence-electron chi connectivity index (χ2n) is 8.18. The number of morpholine rings is 1. The van der Waals surface area contributed by atoms with Crippen molar-refractivity contribution < 1.29 is 9.53 Å². The van der Waals surface area contributed by atoms with Crippen LogP contribution in [-0.2, 0) is 11.3 Å². The van der Waals surface area contributed by atoms with E-state index < -0.39 is 0 Å². The van der Waals surface area contributed by atoms with Gasteiger partial charge in [0.25, 0.3) is 5.91 Å². The highest BCUT2D eigenvalue weighted by Gasteiger charge is 2.15. The number of hydrogen-bond acceptors (Lipinski definition) is 5. The molecular weight excluding hydrogens is 468 g/mol. The van der Waals surface area contributed by atoms with E-state index in [1.807, 2.05) is 54.8 Å². The molecule has 1 amide bonds. The Morgan fingerprint density at radius 1 is 1.18 bits per heavy atom. The molecule has 2 aromatic heterocycles. The Hall–Kier alpha value is -2.97. The van der Waals surface area contributed by atoms with Gasteiger partial charge in [-0.25, -0.2) is 0 Å². The number of benzene rings is 2. The molecule has 0 saturated carbocycles. The van der Waals surface area contributed by atoms with Crippen molar-refractivity contribution in [3.8, 4) is 0 Å². The zero-order valence-corrected chi connectivity index (χ0v) is 20.5. The number of halogens is 1. The quantitative estimate of drug-likeness (QED) is 0.365. The Morgan fingerprint density at radius 2 is 2.00 bits per heavy atom. The van der Waals surface area contributed by atoms with Crippen molar-refractivity contribution in [2.75, 3.05) is 31.6 Å². The van der Waals surface area contributed by atoms with Gasteiger partial charge >= 0.3 is 0 Å². The van der Waals surface area contributed by atoms with Crippen LogP contribution in [0.3, 0.4) is 0 Å². The van der Waals surface area contributed by atoms with Gasteiger partial charge in [0, 0.05) is 30.7 Å². The number of aromatic nitrogens is 2. The van der Waals surface area contributed by atoms with Crippen LogP contribution in [0, 0.1) is 6.92 Å². The van der Waals surface area contributed by atoms with Crippen molar-refractivity contribution in [2.24, 2.45) is 0 Å². The van der Waals surface area contributed by atoms with Crippen LogP contribution in [0.2, 0.25) is 0 Å². The van der Waals surface area contributed by atoms with Crippen LogP contribution in [0.15, 0.2) is 53.9 Å². The van der Waals surface area contributed by atoms with Gasteiger partial charge in [0.15, 0.2) is 0 Å². The first-order valence-corrected chi connectivity index (χ1v) is 11.9. The topological polar surface area (TPSA) is 70.2 Å². The zero-order chi connectivity index (χ0) is 22.6. The van der Waals surface area contributed by atoms with Crippen molar-refractivity contribution in [3.63, 3.8) is 0 Å². The summed E-state index contributed by atoms with van der Waals surface area (Å²) < 4.78 is 5.47. The molecule has 1 aliphatic heterocycles. The average Bonchev–Trinajstić information content (AvgIpc) is 3.45. The zero-order valence-electron chi connectivity index (χ0n) is 18.9. The van der Waals surface area contributed by atoms with Gasteiger partial charge in [0.05, 0.1) is 29.3 Å². The molecule has 0 bridgehead atoms. The smallest absolute Gasteiger partial charge is 0.266 e. The number of aromatic amines is 1. The van der Waals surface area contributed by atoms with Gasteiger partial charge in [-0.15, -0.1) is 23.7 Å². The van der Waals surface area contributed by atoms with Crippen LogP contribution < -0.4 is 5.32 Å². The summed E-state index contributed by atoms with van der Waals surface area (Å²) in [5.74, 6) is -0.0779. The minimum atomic E-state index is -0.0779. The molecular formula is C26H27ClN4O2S. The van der Waals surface area contributed by atoms with Gasteiger partial charge in [0.1, 0.15) is 0 Å². The molecule has 1 fully saturated rings. The van der Waals surface area contributed by atoms with E-state index in [1.165, 1.54) is 11.3 Å². The largest absolute Gasteiger partial charge is 0.379 e. The van der Waals surface area contributed by atoms with Gasteiger partial charge in [-0.1, -0.05) is 36.4 Å². The van der Waals surface area contributed by atoms with E-state index in [-0.39, 0.29) is 18.3 Å². The predicted octanol–water partition coefficient (Wildman–Crippen LogP) is 5.61. The molecule has 4 aromatic rings. The molecule has 1 aliphatic rings. The number of aryl methyl sites for hydroxylation is 1. The normalized spacial score (nSPS) is 14.4. The Kier molecular flexibility index (Phi) is 7.80. The van der Waals surface area contributed by atoms with Gasteiger partial charge in [-0.3, -0.25) is 14.8 Å². The SMILES string of the molecule is Cc1ccsc1C(=O)Nc1cc(CN2CCOCC2)ccc1C=Cc1n[nH]c2ccccc12.Cl. The number of nitrogens with one attached hydrogen (secondary N) is 2. The predicted molar refractivity (Wildman–Crippen MR) is 142 cm³/mol. The molecule has 0 radical (unpaired) electrons. The number of para-hydroxylation sites is 1. The van der Waals surface area contributed by atoms with Crippen molar-refractivity contribution >= 4 is 58.4 Å². The molecule has 3 heterocycles. The fraction of sp³-hybridized carbons (Fsp3) is 0.231. The number of amides is 1. The molecule has 2 N–H and O–H groups in total. The standard InChI is InChI=1S/C26H26N4O2S.ClH/c1-18-10-15-33-25(18)26(31)27-24-16-19(17-30-11-13-32-14-12-30)6-7-20(24)8-9-23-21-4-2-3-5-22(21)28-29-23;/h2-10,15-16H,11-14,17H2,1H3,(H,27,31)(H,28,29);1H. The van der Waals surface area contributed by atoms with Crippen LogP contribution >= 0.6 is 23.7 Å². The maximum atomic E-state index is 13.0. The van der Waals surface area contributed by atoms with E-state index in [0.29, 0.717) is 0 Å². The van der Waals surface area contributed by atoms with Crippen molar-refractivity contribution in [3.05, 3.63) is 81.2 Å². The molecule has 2 aromatic carbocycles. The number of H-pyrrole nitrogens is 1. The molecule has 34 heavy (non-hydrogen) atoms. The first-order valence-electron chi connectivity index (χ1n) is 11.1. The van der Waals surface area contributed by atoms with Crippen LogP contribution in [0.4, 0.5) is 5.69 Å². The molecule has 0 spiro atoms. The summed E-state index contributed by atoms with van der Waals surface area (Å²) in [6.07, 6.45) is 4.00. The lowest BCUT2D eigenvalue weighted by Crippen LogP contribution is -2.35. The maximum Gasteiger partial charge on any atom is 0.266 e. The highest BCUT2D eigenvalue weighted by molar-refractivity contribution is 7.12. The van der Waals surface area contributed by atoms with Crippen molar-refractivity contribution in [1.82, 2.24) is 15.1 Å². The molecule has 0 atom stereocenters. The lowest BCUT2D eigenvalue weighted by atomic mass is 10.1. The number of carbonyl (C=O) groups is 1. The summed E-state index contributed by atoms with van der Waals surface area (Å²) in [5, 5.41) is 13.7. The third-order valence-electron chi connectivity index (χ3n) is 5.86. The van der Waals surface area contributed by atoms with E-state index in [1.54, 1.807) is 0 Å². The minimum absolute atomic E-state index is 0. The number of carbonyl (C=O) groups excluding carboxylic acids is 1. The van der Waals surface area contributed by atoms with E-state index in [0.717, 1.165) is 76.7 Å². The van der Waals surface area contributed by atoms with Crippen LogP contribution in [-0.4, -0.2) is 47.3 Å². The number of thiophene rings is 1. The summed E-state index contributed by atoms with van der Waals surface area (Å²) in [7, 11) is 0. The van der Waals surface area contributed by atoms with Crippen LogP contribution in [0.5, 0.6) is 0 Å². The summed E-state index contributed by atoms with van der Waals surface area (Å²) in [5.41, 5.74) is 5.76. The summed E-state index contributed by atoms with van der Waals surface area (Å²) >= 11 is 1.46. The van der Waals surface area contributed by atoms with E-state index >= 15 is 0 Å². The Labute approximate surface area is 209 Å². The number of fused-ring (bicyclic) bond motifs is 1. The Morgan fingerprint density at radius 3 is 2.79 bits per heavy atom. The maximum absolute atomic E-state index is 13.0. The van der Waals surface area contributed by atoms with E-state index in [9.17, 15) is 4.79 Å². The molecule has 5 rings (SSSR count). The van der Waals surface area contributed by atoms with Gasteiger partial charge in [-0.2, -0.15) is 5.10 Å². The third-order valence-corrected chi connectivity index (χ3v) is 6.88. The lowest BCUT2D eigenvalue weighted by Gasteiger charge is -2.26. The van der Waals surface area contributed by atoms with Gasteiger partial charge < -0.3 is 10.1 Å². The summed E-state index contributed by atoms with van der Waals surface area (Å²) in [4.78, 5) is 16.1. The average molecular weight is 495 g/mol. The molecule has 176 valence electrons. The fourth-order valence-corrected chi connectivity index (χ4v) is 4.86. The van der Waals surface area contributed by atoms with Crippen molar-refractivity contribution in [2.45, 2.75) is 13.5 Å². The summed E-state index contributed by atoms with van der Waals surface area (Å²) in [6, 6.07) is 16.3. The van der Waals surface area contributed by atoms with E-state index in [2.05, 4.69) is 38.6 Å². The third kappa shape index (κ3) is 5.39. The number of ether oxygens (including phenoxy) is 1. The monoisotopic (exact) mass is 494 g/mol. The Balaban J connectivity index is 0.00000274. The second kappa shape index (κ2) is 11.0. The molecule has 1 saturated heterocycles. The highest BCUT2D eigenvalue weighted by atomic mass is 35.5. The van der Waals surface area contributed by atoms with Crippen LogP contribution in [0.1, 0.15) is 32.1 Å². The number of rotatable bonds is 6. The first-order chi connectivity index (χ1) is 16.2. The lowest BCUT2D eigenvalue weighted by molar-refractivity contribution is 0.0342. The van der Waals surface area contributed by atoms with Gasteiger partial charge in [-0.05, 0) is 53.3 Å². The first kappa shape index (κ1) is 24.2. The van der Waals surface area contributed by atoms with Crippen molar-refractivity contribution in [1.29, 1.82) is 0 Å². The molecule has 8 heteroatoms. The number of nitrogens with zero attached hydrogens (tertiary/aromatic N) is 2. The van der Waals surface area contributed by atoms with Crippen LogP contribution in [0.25, 0.3) is 23.1 Å². The van der Waals surface area contributed by atoms with E-state index in [4.69, 9.17) is 4.74 Å². The molecule has 6 nitrogen and oxygen atoms in total. The fourth-order valence-electron chi connectivity index (χ4n) is 4.04. The van der Waals surface area contributed by atoms with Gasteiger partial charge in [0.2, 0.25) is 0 Å². The minimum Gasteiger partial charge on any atom is -0.379 e. The highest BCUT2D eigenvalue weighted by Crippen LogP contribution is 2.25. The number of anilines is 1. The second-order valence-corrected chi connectivity index (χ2v) is 9.10. The summed E-state index contributed by atoms with van der Waals surface area (Å²) in [6.45, 7) is 6.16. The molecule has 0 unspecified atom stereocenters.